The van der Waals surface area contributed by atoms with Gasteiger partial charge in [-0.3, -0.25) is 4.36 Å². The van der Waals surface area contributed by atoms with Crippen molar-refractivity contribution < 1.29 is 4.74 Å². The van der Waals surface area contributed by atoms with Gasteiger partial charge in [-0.15, -0.1) is 0 Å². The molecule has 0 spiro atoms. The lowest BCUT2D eigenvalue weighted by Crippen LogP contribution is -2.10. The Labute approximate surface area is 76.4 Å². The maximum Gasteiger partial charge on any atom is 0.230 e. The summed E-state index contributed by atoms with van der Waals surface area (Å²) in [6, 6.07) is 0. The Morgan fingerprint density at radius 2 is 2.09 bits per heavy atom. The van der Waals surface area contributed by atoms with Gasteiger partial charge in [0.25, 0.3) is 0 Å². The van der Waals surface area contributed by atoms with Crippen molar-refractivity contribution in [3.05, 3.63) is 0 Å². The highest BCUT2D eigenvalue weighted by atomic mass is 32.2. The third-order valence-electron chi connectivity index (χ3n) is 1.01. The van der Waals surface area contributed by atoms with Crippen molar-refractivity contribution in [3.63, 3.8) is 0 Å². The normalized spacial score (nSPS) is 13.0. The first-order valence-corrected chi connectivity index (χ1v) is 5.57. The van der Waals surface area contributed by atoms with Crippen LogP contribution >= 0.6 is 12.2 Å². The van der Waals surface area contributed by atoms with Crippen LogP contribution in [0.2, 0.25) is 0 Å². The van der Waals surface area contributed by atoms with E-state index in [0.29, 0.717) is 11.0 Å². The third-order valence-corrected chi connectivity index (χ3v) is 3.33. The van der Waals surface area contributed by atoms with Crippen LogP contribution in [0.15, 0.2) is 4.36 Å². The molecule has 0 aromatic carbocycles. The quantitative estimate of drug-likeness (QED) is 0.641. The van der Waals surface area contributed by atoms with Crippen LogP contribution in [-0.4, -0.2) is 23.3 Å². The zero-order valence-corrected chi connectivity index (χ0v) is 8.93. The molecule has 0 aromatic rings. The summed E-state index contributed by atoms with van der Waals surface area (Å²) in [5.41, 5.74) is 0. The number of hydrogen-bond donors (Lipinski definition) is 0. The zero-order chi connectivity index (χ0) is 8.69. The van der Waals surface area contributed by atoms with Crippen LogP contribution in [0.3, 0.4) is 0 Å². The molecule has 4 heteroatoms. The molecule has 66 valence electrons. The Bertz CT molecular complexity index is 157. The molecule has 0 radical (unpaired) electrons. The van der Waals surface area contributed by atoms with E-state index in [2.05, 4.69) is 11.3 Å². The van der Waals surface area contributed by atoms with Crippen LogP contribution in [0.5, 0.6) is 0 Å². The van der Waals surface area contributed by atoms with Crippen LogP contribution in [0, 0.1) is 0 Å². The smallest absolute Gasteiger partial charge is 0.230 e. The molecule has 0 heterocycles. The first-order valence-electron chi connectivity index (χ1n) is 3.81. The summed E-state index contributed by atoms with van der Waals surface area (Å²) in [5, 5.41) is 0. The van der Waals surface area contributed by atoms with Crippen molar-refractivity contribution in [2.24, 2.45) is 4.36 Å². The summed E-state index contributed by atoms with van der Waals surface area (Å²) in [5.74, 6) is 0.965. The van der Waals surface area contributed by atoms with Gasteiger partial charge in [0.15, 0.2) is 0 Å². The first kappa shape index (κ1) is 11.0. The van der Waals surface area contributed by atoms with E-state index in [-0.39, 0.29) is 10.7 Å². The fraction of sp³-hybridized carbons (Fsp3) is 0.857. The van der Waals surface area contributed by atoms with Crippen molar-refractivity contribution >= 4 is 27.3 Å². The van der Waals surface area contributed by atoms with E-state index in [9.17, 15) is 0 Å². The molecule has 0 aliphatic rings. The second-order valence-electron chi connectivity index (χ2n) is 1.78. The van der Waals surface area contributed by atoms with Crippen LogP contribution in [0.4, 0.5) is 0 Å². The van der Waals surface area contributed by atoms with E-state index in [4.69, 9.17) is 17.0 Å². The lowest BCUT2D eigenvalue weighted by molar-refractivity contribution is 0.346. The molecule has 11 heavy (non-hydrogen) atoms. The maximum absolute atomic E-state index is 5.20. The van der Waals surface area contributed by atoms with Crippen molar-refractivity contribution in [3.8, 4) is 0 Å². The molecule has 0 aromatic heterocycles. The minimum atomic E-state index is -0.142. The van der Waals surface area contributed by atoms with Gasteiger partial charge in [0.1, 0.15) is 0 Å². The largest absolute Gasteiger partial charge is 0.478 e. The monoisotopic (exact) mass is 193 g/mol. The lowest BCUT2D eigenvalue weighted by Gasteiger charge is -2.06. The summed E-state index contributed by atoms with van der Waals surface area (Å²) in [6.07, 6.45) is 0. The average molecular weight is 193 g/mol. The summed E-state index contributed by atoms with van der Waals surface area (Å²) in [6.45, 7) is 7.51. The third kappa shape index (κ3) is 4.48. The first-order chi connectivity index (χ1) is 5.26. The van der Waals surface area contributed by atoms with E-state index >= 15 is 0 Å². The van der Waals surface area contributed by atoms with Gasteiger partial charge in [0.2, 0.25) is 4.38 Å². The van der Waals surface area contributed by atoms with E-state index in [1.807, 2.05) is 13.8 Å². The second-order valence-corrected chi connectivity index (χ2v) is 4.35. The fourth-order valence-corrected chi connectivity index (χ4v) is 2.32. The molecule has 0 saturated heterocycles. The van der Waals surface area contributed by atoms with Crippen molar-refractivity contribution in [1.82, 2.24) is 0 Å². The standard InChI is InChI=1S/C7H15NOS2/c1-4-8-11(6-3)7(10)9-5-2/h4-6H2,1-3H3. The summed E-state index contributed by atoms with van der Waals surface area (Å²) in [7, 11) is -0.142. The Morgan fingerprint density at radius 1 is 1.45 bits per heavy atom. The second kappa shape index (κ2) is 6.73. The summed E-state index contributed by atoms with van der Waals surface area (Å²) < 4.78 is 10.2. The Morgan fingerprint density at radius 3 is 2.45 bits per heavy atom. The molecule has 0 N–H and O–H groups in total. The lowest BCUT2D eigenvalue weighted by atomic mass is 10.8. The minimum Gasteiger partial charge on any atom is -0.478 e. The highest BCUT2D eigenvalue weighted by molar-refractivity contribution is 8.14. The Kier molecular flexibility index (Phi) is 6.76. The van der Waals surface area contributed by atoms with Gasteiger partial charge >= 0.3 is 0 Å². The van der Waals surface area contributed by atoms with Crippen molar-refractivity contribution in [1.29, 1.82) is 0 Å². The number of hydrogen-bond acceptors (Lipinski definition) is 3. The molecule has 2 nitrogen and oxygen atoms in total. The molecule has 0 aliphatic carbocycles. The highest BCUT2D eigenvalue weighted by Crippen LogP contribution is 1.96. The highest BCUT2D eigenvalue weighted by Gasteiger charge is 2.01. The van der Waals surface area contributed by atoms with Gasteiger partial charge in [0.05, 0.1) is 6.61 Å². The molecule has 0 saturated carbocycles. The van der Waals surface area contributed by atoms with E-state index in [1.165, 1.54) is 0 Å². The van der Waals surface area contributed by atoms with Crippen LogP contribution in [0.25, 0.3) is 0 Å². The Balaban J connectivity index is 4.03. The number of thiocarbonyl (C=S) groups is 1. The van der Waals surface area contributed by atoms with Gasteiger partial charge < -0.3 is 4.74 Å². The fourth-order valence-electron chi connectivity index (χ4n) is 0.604. The van der Waals surface area contributed by atoms with Gasteiger partial charge in [-0.2, -0.15) is 0 Å². The number of nitrogens with zero attached hydrogens (tertiary/aromatic N) is 1. The molecular formula is C7H15NOS2. The van der Waals surface area contributed by atoms with E-state index in [1.54, 1.807) is 0 Å². The number of ether oxygens (including phenoxy) is 1. The minimum absolute atomic E-state index is 0.142. The van der Waals surface area contributed by atoms with Crippen molar-refractivity contribution in [2.75, 3.05) is 18.9 Å². The van der Waals surface area contributed by atoms with Crippen LogP contribution in [-0.2, 0) is 15.4 Å². The molecule has 0 fully saturated rings. The van der Waals surface area contributed by atoms with Gasteiger partial charge in [0, 0.05) is 12.3 Å². The zero-order valence-electron chi connectivity index (χ0n) is 7.29. The average Bonchev–Trinajstić information content (AvgIpc) is 2.00. The summed E-state index contributed by atoms with van der Waals surface area (Å²) >= 11 is 5.04. The van der Waals surface area contributed by atoms with Gasteiger partial charge in [-0.05, 0) is 36.8 Å². The van der Waals surface area contributed by atoms with E-state index < -0.39 is 0 Å². The predicted octanol–water partition coefficient (Wildman–Crippen LogP) is 2.15. The molecule has 0 aliphatic heterocycles. The van der Waals surface area contributed by atoms with Gasteiger partial charge in [-0.25, -0.2) is 0 Å². The van der Waals surface area contributed by atoms with Crippen molar-refractivity contribution in [2.45, 2.75) is 20.8 Å². The Hall–Kier alpha value is 0.0400. The molecule has 1 atom stereocenters. The molecule has 0 bridgehead atoms. The van der Waals surface area contributed by atoms with Crippen LogP contribution < -0.4 is 0 Å². The summed E-state index contributed by atoms with van der Waals surface area (Å²) in [4.78, 5) is 0. The molecule has 0 rings (SSSR count). The van der Waals surface area contributed by atoms with Crippen LogP contribution in [0.1, 0.15) is 20.8 Å². The molecular weight excluding hydrogens is 178 g/mol. The molecule has 1 unspecified atom stereocenters. The topological polar surface area (TPSA) is 21.6 Å². The molecule has 0 amide bonds. The SMILES string of the molecule is CCN=S(CC)C(=S)OCC. The maximum atomic E-state index is 5.20. The van der Waals surface area contributed by atoms with Gasteiger partial charge in [-0.1, -0.05) is 6.92 Å². The number of rotatable bonds is 3. The van der Waals surface area contributed by atoms with E-state index in [0.717, 1.165) is 12.3 Å². The predicted molar refractivity (Wildman–Crippen MR) is 55.1 cm³/mol.